The van der Waals surface area contributed by atoms with Gasteiger partial charge in [-0.25, -0.2) is 4.68 Å². The molecular formula is C11H12BrN5O. The van der Waals surface area contributed by atoms with E-state index in [-0.39, 0.29) is 6.04 Å². The molecule has 1 saturated heterocycles. The molecule has 1 fully saturated rings. The number of hydrogen-bond donors (Lipinski definition) is 1. The van der Waals surface area contributed by atoms with Crippen molar-refractivity contribution in [1.29, 1.82) is 0 Å². The van der Waals surface area contributed by atoms with Crippen molar-refractivity contribution in [3.63, 3.8) is 0 Å². The van der Waals surface area contributed by atoms with Gasteiger partial charge in [0.05, 0.1) is 12.6 Å². The summed E-state index contributed by atoms with van der Waals surface area (Å²) in [4.78, 5) is 0. The van der Waals surface area contributed by atoms with E-state index in [1.54, 1.807) is 0 Å². The summed E-state index contributed by atoms with van der Waals surface area (Å²) in [6, 6.07) is 5.91. The maximum Gasteiger partial charge on any atom is 0.182 e. The first-order valence-electron chi connectivity index (χ1n) is 5.66. The van der Waals surface area contributed by atoms with Gasteiger partial charge in [-0.1, -0.05) is 0 Å². The smallest absolute Gasteiger partial charge is 0.182 e. The predicted octanol–water partition coefficient (Wildman–Crippen LogP) is 1.65. The molecule has 1 unspecified atom stereocenters. The molecule has 7 heteroatoms. The number of tetrazole rings is 1. The van der Waals surface area contributed by atoms with Crippen LogP contribution in [0.4, 0.5) is 5.69 Å². The maximum absolute atomic E-state index is 5.88. The molecule has 0 amide bonds. The molecule has 0 bridgehead atoms. The molecule has 0 aliphatic carbocycles. The van der Waals surface area contributed by atoms with Gasteiger partial charge in [-0.3, -0.25) is 0 Å². The number of anilines is 1. The van der Waals surface area contributed by atoms with Crippen LogP contribution >= 0.6 is 15.9 Å². The highest BCUT2D eigenvalue weighted by Crippen LogP contribution is 2.28. The van der Waals surface area contributed by atoms with Gasteiger partial charge in [0, 0.05) is 22.3 Å². The number of nitrogens with two attached hydrogens (primary N) is 1. The van der Waals surface area contributed by atoms with Crippen molar-refractivity contribution in [2.24, 2.45) is 0 Å². The Balaban J connectivity index is 2.00. The fourth-order valence-electron chi connectivity index (χ4n) is 2.03. The molecule has 1 aliphatic heterocycles. The maximum atomic E-state index is 5.88. The van der Waals surface area contributed by atoms with Gasteiger partial charge in [-0.15, -0.1) is 5.10 Å². The molecule has 1 atom stereocenters. The van der Waals surface area contributed by atoms with Gasteiger partial charge in [-0.2, -0.15) is 0 Å². The number of ether oxygens (including phenoxy) is 1. The molecule has 94 valence electrons. The van der Waals surface area contributed by atoms with E-state index in [9.17, 15) is 0 Å². The zero-order valence-corrected chi connectivity index (χ0v) is 11.2. The highest BCUT2D eigenvalue weighted by Gasteiger charge is 2.22. The Hall–Kier alpha value is -1.47. The summed E-state index contributed by atoms with van der Waals surface area (Å²) >= 11 is 3.37. The molecule has 0 saturated carbocycles. The third kappa shape index (κ3) is 1.99. The Kier molecular flexibility index (Phi) is 3.00. The van der Waals surface area contributed by atoms with Gasteiger partial charge in [0.2, 0.25) is 0 Å². The summed E-state index contributed by atoms with van der Waals surface area (Å²) in [5.41, 5.74) is 7.46. The first kappa shape index (κ1) is 11.6. The van der Waals surface area contributed by atoms with Crippen molar-refractivity contribution >= 4 is 21.6 Å². The first-order chi connectivity index (χ1) is 8.75. The van der Waals surface area contributed by atoms with E-state index in [1.165, 1.54) is 0 Å². The molecule has 3 rings (SSSR count). The molecule has 1 aromatic carbocycles. The molecular weight excluding hydrogens is 298 g/mol. The lowest BCUT2D eigenvalue weighted by molar-refractivity contribution is 0.184. The van der Waals surface area contributed by atoms with E-state index >= 15 is 0 Å². The second-order valence-electron chi connectivity index (χ2n) is 4.20. The van der Waals surface area contributed by atoms with E-state index in [2.05, 4.69) is 31.5 Å². The van der Waals surface area contributed by atoms with Crippen LogP contribution in [-0.4, -0.2) is 33.4 Å². The predicted molar refractivity (Wildman–Crippen MR) is 69.8 cm³/mol. The van der Waals surface area contributed by atoms with E-state index in [4.69, 9.17) is 10.5 Å². The van der Waals surface area contributed by atoms with Crippen LogP contribution in [0.15, 0.2) is 22.7 Å². The van der Waals surface area contributed by atoms with E-state index < -0.39 is 0 Å². The number of hydrogen-bond acceptors (Lipinski definition) is 5. The van der Waals surface area contributed by atoms with Gasteiger partial charge in [0.15, 0.2) is 5.82 Å². The fraction of sp³-hybridized carbons (Fsp3) is 0.364. The Morgan fingerprint density at radius 2 is 2.33 bits per heavy atom. The van der Waals surface area contributed by atoms with Crippen LogP contribution in [0.1, 0.15) is 12.5 Å². The summed E-state index contributed by atoms with van der Waals surface area (Å²) in [7, 11) is 0. The lowest BCUT2D eigenvalue weighted by atomic mass is 10.1. The van der Waals surface area contributed by atoms with Gasteiger partial charge < -0.3 is 10.5 Å². The van der Waals surface area contributed by atoms with Gasteiger partial charge in [0.25, 0.3) is 0 Å². The summed E-state index contributed by atoms with van der Waals surface area (Å²) < 4.78 is 8.05. The number of aromatic nitrogens is 4. The minimum Gasteiger partial charge on any atom is -0.398 e. The molecule has 18 heavy (non-hydrogen) atoms. The Morgan fingerprint density at radius 1 is 1.44 bits per heavy atom. The minimum absolute atomic E-state index is 0.208. The highest BCUT2D eigenvalue weighted by molar-refractivity contribution is 9.10. The largest absolute Gasteiger partial charge is 0.398 e. The van der Waals surface area contributed by atoms with Gasteiger partial charge in [-0.05, 0) is 51.0 Å². The van der Waals surface area contributed by atoms with Crippen molar-refractivity contribution < 1.29 is 4.74 Å². The van der Waals surface area contributed by atoms with Crippen molar-refractivity contribution in [2.45, 2.75) is 12.5 Å². The molecule has 0 spiro atoms. The second kappa shape index (κ2) is 4.66. The zero-order valence-electron chi connectivity index (χ0n) is 9.58. The SMILES string of the molecule is Nc1cc(-c2nnnn2C2CCOC2)ccc1Br. The molecule has 2 N–H and O–H groups in total. The van der Waals surface area contributed by atoms with Crippen LogP contribution in [0.3, 0.4) is 0 Å². The normalized spacial score (nSPS) is 19.3. The van der Waals surface area contributed by atoms with Crippen LogP contribution < -0.4 is 5.73 Å². The molecule has 1 aromatic heterocycles. The van der Waals surface area contributed by atoms with E-state index in [1.807, 2.05) is 22.9 Å². The summed E-state index contributed by atoms with van der Waals surface area (Å²) in [5, 5.41) is 11.9. The summed E-state index contributed by atoms with van der Waals surface area (Å²) in [6.45, 7) is 1.41. The first-order valence-corrected chi connectivity index (χ1v) is 6.46. The van der Waals surface area contributed by atoms with Crippen LogP contribution in [0.2, 0.25) is 0 Å². The molecule has 2 aromatic rings. The number of nitrogen functional groups attached to an aromatic ring is 1. The Labute approximate surface area is 112 Å². The van der Waals surface area contributed by atoms with Crippen molar-refractivity contribution in [3.05, 3.63) is 22.7 Å². The number of benzene rings is 1. The fourth-order valence-corrected chi connectivity index (χ4v) is 2.27. The summed E-state index contributed by atoms with van der Waals surface area (Å²) in [5.74, 6) is 0.727. The second-order valence-corrected chi connectivity index (χ2v) is 5.06. The third-order valence-corrected chi connectivity index (χ3v) is 3.72. The lowest BCUT2D eigenvalue weighted by Gasteiger charge is -2.10. The number of halogens is 1. The van der Waals surface area contributed by atoms with Crippen molar-refractivity contribution in [1.82, 2.24) is 20.2 Å². The zero-order chi connectivity index (χ0) is 12.5. The topological polar surface area (TPSA) is 78.9 Å². The molecule has 6 nitrogen and oxygen atoms in total. The van der Waals surface area contributed by atoms with Crippen LogP contribution in [0.5, 0.6) is 0 Å². The minimum atomic E-state index is 0.208. The average Bonchev–Trinajstić information content (AvgIpc) is 3.00. The van der Waals surface area contributed by atoms with Crippen molar-refractivity contribution in [3.8, 4) is 11.4 Å². The highest BCUT2D eigenvalue weighted by atomic mass is 79.9. The summed E-state index contributed by atoms with van der Waals surface area (Å²) in [6.07, 6.45) is 0.935. The Bertz CT molecular complexity index is 564. The monoisotopic (exact) mass is 309 g/mol. The van der Waals surface area contributed by atoms with Crippen LogP contribution in [0.25, 0.3) is 11.4 Å². The van der Waals surface area contributed by atoms with Crippen LogP contribution in [0, 0.1) is 0 Å². The number of nitrogens with zero attached hydrogens (tertiary/aromatic N) is 4. The molecule has 0 radical (unpaired) electrons. The van der Waals surface area contributed by atoms with Gasteiger partial charge in [0.1, 0.15) is 0 Å². The quantitative estimate of drug-likeness (QED) is 0.853. The molecule has 2 heterocycles. The number of rotatable bonds is 2. The molecule has 1 aliphatic rings. The van der Waals surface area contributed by atoms with E-state index in [0.717, 1.165) is 28.9 Å². The van der Waals surface area contributed by atoms with Crippen molar-refractivity contribution in [2.75, 3.05) is 18.9 Å². The standard InChI is InChI=1S/C11H12BrN5O/c12-9-2-1-7(5-10(9)13)11-14-15-16-17(11)8-3-4-18-6-8/h1-2,5,8H,3-4,6,13H2. The van der Waals surface area contributed by atoms with E-state index in [0.29, 0.717) is 12.3 Å². The lowest BCUT2D eigenvalue weighted by Crippen LogP contribution is -2.12. The third-order valence-electron chi connectivity index (χ3n) is 3.00. The average molecular weight is 310 g/mol. The Morgan fingerprint density at radius 3 is 3.06 bits per heavy atom. The van der Waals surface area contributed by atoms with Gasteiger partial charge >= 0.3 is 0 Å². The van der Waals surface area contributed by atoms with Crippen LogP contribution in [-0.2, 0) is 4.74 Å².